The molecule has 1 rings (SSSR count). The molecule has 0 fully saturated rings. The number of benzene rings is 1. The summed E-state index contributed by atoms with van der Waals surface area (Å²) in [4.78, 5) is 11.3. The monoisotopic (exact) mass is 223 g/mol. The summed E-state index contributed by atoms with van der Waals surface area (Å²) in [5.74, 6) is -0.252. The zero-order chi connectivity index (χ0) is 13.0. The van der Waals surface area contributed by atoms with Crippen LogP contribution in [0.5, 0.6) is 0 Å². The van der Waals surface area contributed by atoms with Crippen molar-refractivity contribution in [1.29, 1.82) is 0 Å². The largest absolute Gasteiger partial charge is 0.411 e. The number of hydrogen-bond acceptors (Lipinski definition) is 3. The van der Waals surface area contributed by atoms with E-state index in [-0.39, 0.29) is 11.5 Å². The topological polar surface area (TPSA) is 49.7 Å². The highest BCUT2D eigenvalue weighted by molar-refractivity contribution is 6.45. The second-order valence-corrected chi connectivity index (χ2v) is 2.38. The van der Waals surface area contributed by atoms with Crippen molar-refractivity contribution in [3.05, 3.63) is 35.9 Å². The van der Waals surface area contributed by atoms with E-state index >= 15 is 0 Å². The molecule has 90 valence electrons. The Hall–Kier alpha value is -1.64. The van der Waals surface area contributed by atoms with Crippen LogP contribution in [0, 0.1) is 0 Å². The maximum atomic E-state index is 11.3. The third-order valence-corrected chi connectivity index (χ3v) is 1.51. The molecule has 0 bridgehead atoms. The van der Waals surface area contributed by atoms with Crippen LogP contribution in [0.2, 0.25) is 0 Å². The normalized spacial score (nSPS) is 9.19. The first-order valence-corrected chi connectivity index (χ1v) is 5.54. The van der Waals surface area contributed by atoms with Crippen molar-refractivity contribution >= 4 is 11.5 Å². The van der Waals surface area contributed by atoms with Crippen LogP contribution in [-0.4, -0.2) is 16.7 Å². The molecule has 0 aliphatic heterocycles. The van der Waals surface area contributed by atoms with E-state index in [4.69, 9.17) is 5.21 Å². The van der Waals surface area contributed by atoms with Gasteiger partial charge in [-0.3, -0.25) is 4.79 Å². The van der Waals surface area contributed by atoms with Crippen LogP contribution in [-0.2, 0) is 0 Å². The zero-order valence-electron chi connectivity index (χ0n) is 10.7. The minimum Gasteiger partial charge on any atom is -0.411 e. The van der Waals surface area contributed by atoms with Gasteiger partial charge in [-0.05, 0) is 6.92 Å². The number of nitrogens with zero attached hydrogens (tertiary/aromatic N) is 1. The molecule has 0 saturated carbocycles. The van der Waals surface area contributed by atoms with Crippen molar-refractivity contribution < 1.29 is 10.0 Å². The van der Waals surface area contributed by atoms with Crippen LogP contribution in [0.15, 0.2) is 35.5 Å². The zero-order valence-corrected chi connectivity index (χ0v) is 10.7. The predicted octanol–water partition coefficient (Wildman–Crippen LogP) is 3.77. The van der Waals surface area contributed by atoms with Crippen LogP contribution in [0.4, 0.5) is 0 Å². The summed E-state index contributed by atoms with van der Waals surface area (Å²) in [6.07, 6.45) is 0. The minimum atomic E-state index is -0.252. The molecule has 1 aromatic rings. The van der Waals surface area contributed by atoms with Gasteiger partial charge in [0.1, 0.15) is 5.71 Å². The molecule has 0 saturated heterocycles. The minimum absolute atomic E-state index is 0.0983. The lowest BCUT2D eigenvalue weighted by molar-refractivity contribution is 0.106. The lowest BCUT2D eigenvalue weighted by Gasteiger charge is -1.96. The van der Waals surface area contributed by atoms with Crippen molar-refractivity contribution in [2.45, 2.75) is 34.6 Å². The van der Waals surface area contributed by atoms with E-state index in [0.29, 0.717) is 5.56 Å². The Bertz CT molecular complexity index is 305. The highest BCUT2D eigenvalue weighted by Gasteiger charge is 2.07. The first-order valence-electron chi connectivity index (χ1n) is 5.54. The van der Waals surface area contributed by atoms with E-state index in [0.717, 1.165) is 0 Å². The van der Waals surface area contributed by atoms with Gasteiger partial charge in [0, 0.05) is 5.56 Å². The lowest BCUT2D eigenvalue weighted by atomic mass is 10.1. The van der Waals surface area contributed by atoms with Crippen molar-refractivity contribution in [2.75, 3.05) is 0 Å². The molecule has 0 aliphatic carbocycles. The van der Waals surface area contributed by atoms with E-state index < -0.39 is 0 Å². The Balaban J connectivity index is 0. The second-order valence-electron chi connectivity index (χ2n) is 2.38. The van der Waals surface area contributed by atoms with Gasteiger partial charge < -0.3 is 5.21 Å². The molecule has 0 heterocycles. The third-order valence-electron chi connectivity index (χ3n) is 1.51. The van der Waals surface area contributed by atoms with E-state index in [1.54, 1.807) is 24.3 Å². The molecule has 1 aromatic carbocycles. The molecular weight excluding hydrogens is 202 g/mol. The summed E-state index contributed by atoms with van der Waals surface area (Å²) in [6.45, 7) is 9.47. The molecule has 0 aliphatic rings. The highest BCUT2D eigenvalue weighted by atomic mass is 16.4. The SMILES string of the molecule is C/C(=N\O)C(=O)c1ccccc1.CC.CC. The molecular formula is C13H21NO2. The van der Waals surface area contributed by atoms with E-state index in [1.807, 2.05) is 33.8 Å². The summed E-state index contributed by atoms with van der Waals surface area (Å²) >= 11 is 0. The fourth-order valence-electron chi connectivity index (χ4n) is 0.844. The van der Waals surface area contributed by atoms with Crippen molar-refractivity contribution in [2.24, 2.45) is 5.16 Å². The van der Waals surface area contributed by atoms with E-state index in [9.17, 15) is 4.79 Å². The Morgan fingerprint density at radius 3 is 1.88 bits per heavy atom. The summed E-state index contributed by atoms with van der Waals surface area (Å²) in [5, 5.41) is 11.2. The summed E-state index contributed by atoms with van der Waals surface area (Å²) in [7, 11) is 0. The van der Waals surface area contributed by atoms with Gasteiger partial charge in [-0.1, -0.05) is 63.2 Å². The predicted molar refractivity (Wildman–Crippen MR) is 68.4 cm³/mol. The van der Waals surface area contributed by atoms with Crippen LogP contribution >= 0.6 is 0 Å². The molecule has 0 spiro atoms. The smallest absolute Gasteiger partial charge is 0.210 e. The molecule has 0 atom stereocenters. The number of hydrogen-bond donors (Lipinski definition) is 1. The maximum absolute atomic E-state index is 11.3. The summed E-state index contributed by atoms with van der Waals surface area (Å²) < 4.78 is 0. The molecule has 0 unspecified atom stereocenters. The fourth-order valence-corrected chi connectivity index (χ4v) is 0.844. The Labute approximate surface area is 97.8 Å². The van der Waals surface area contributed by atoms with Gasteiger partial charge in [0.25, 0.3) is 0 Å². The van der Waals surface area contributed by atoms with Crippen LogP contribution < -0.4 is 0 Å². The quantitative estimate of drug-likeness (QED) is 0.359. The summed E-state index contributed by atoms with van der Waals surface area (Å²) in [5.41, 5.74) is 0.633. The van der Waals surface area contributed by atoms with Gasteiger partial charge in [0.15, 0.2) is 0 Å². The molecule has 0 radical (unpaired) electrons. The number of ketones is 1. The van der Waals surface area contributed by atoms with E-state index in [1.165, 1.54) is 6.92 Å². The first kappa shape index (κ1) is 16.8. The lowest BCUT2D eigenvalue weighted by Crippen LogP contribution is -2.09. The van der Waals surface area contributed by atoms with Gasteiger partial charge >= 0.3 is 0 Å². The van der Waals surface area contributed by atoms with Gasteiger partial charge in [-0.15, -0.1) is 0 Å². The van der Waals surface area contributed by atoms with Gasteiger partial charge in [-0.2, -0.15) is 0 Å². The number of rotatable bonds is 2. The Morgan fingerprint density at radius 1 is 1.06 bits per heavy atom. The third kappa shape index (κ3) is 5.96. The first-order chi connectivity index (χ1) is 7.75. The van der Waals surface area contributed by atoms with Gasteiger partial charge in [0.2, 0.25) is 5.78 Å². The van der Waals surface area contributed by atoms with Crippen LogP contribution in [0.1, 0.15) is 45.0 Å². The molecule has 16 heavy (non-hydrogen) atoms. The highest BCUT2D eigenvalue weighted by Crippen LogP contribution is 2.00. The fraction of sp³-hybridized carbons (Fsp3) is 0.385. The van der Waals surface area contributed by atoms with Crippen molar-refractivity contribution in [3.8, 4) is 0 Å². The van der Waals surface area contributed by atoms with Crippen molar-refractivity contribution in [3.63, 3.8) is 0 Å². The molecule has 1 N–H and O–H groups in total. The molecule has 0 amide bonds. The number of carbonyl (C=O) groups is 1. The number of carbonyl (C=O) groups excluding carboxylic acids is 1. The number of Topliss-reactive ketones (excluding diaryl/α,β-unsaturated/α-hetero) is 1. The maximum Gasteiger partial charge on any atom is 0.210 e. The average Bonchev–Trinajstić information content (AvgIpc) is 2.42. The van der Waals surface area contributed by atoms with Crippen LogP contribution in [0.25, 0.3) is 0 Å². The van der Waals surface area contributed by atoms with E-state index in [2.05, 4.69) is 5.16 Å². The standard InChI is InChI=1S/C9H9NO2.2C2H6/c1-7(10-12)9(11)8-5-3-2-4-6-8;2*1-2/h2-6,12H,1H3;2*1-2H3/b10-7+;;. The van der Waals surface area contributed by atoms with Gasteiger partial charge in [-0.25, -0.2) is 0 Å². The Kier molecular flexibility index (Phi) is 12.0. The molecule has 3 heteroatoms. The average molecular weight is 223 g/mol. The molecule has 3 nitrogen and oxygen atoms in total. The second kappa shape index (κ2) is 11.4. The number of oxime groups is 1. The summed E-state index contributed by atoms with van der Waals surface area (Å²) in [6, 6.07) is 8.70. The Morgan fingerprint density at radius 2 is 1.50 bits per heavy atom. The van der Waals surface area contributed by atoms with Gasteiger partial charge in [0.05, 0.1) is 0 Å². The van der Waals surface area contributed by atoms with Crippen molar-refractivity contribution in [1.82, 2.24) is 0 Å². The molecule has 0 aromatic heterocycles. The van der Waals surface area contributed by atoms with Crippen LogP contribution in [0.3, 0.4) is 0 Å².